The van der Waals surface area contributed by atoms with Crippen LogP contribution in [-0.4, -0.2) is 38.4 Å². The molecule has 0 radical (unpaired) electrons. The number of thiocarbonyl (C=S) groups is 1. The lowest BCUT2D eigenvalue weighted by molar-refractivity contribution is 0.353. The van der Waals surface area contributed by atoms with Crippen LogP contribution in [-0.2, 0) is 6.54 Å². The Balaban J connectivity index is 2.07. The molecule has 0 aromatic heterocycles. The van der Waals surface area contributed by atoms with E-state index in [4.69, 9.17) is 26.4 Å². The van der Waals surface area contributed by atoms with Crippen LogP contribution in [0.1, 0.15) is 11.1 Å². The zero-order valence-corrected chi connectivity index (χ0v) is 16.1. The maximum absolute atomic E-state index is 5.50. The molecule has 0 saturated carbocycles. The van der Waals surface area contributed by atoms with Gasteiger partial charge in [-0.15, -0.1) is 0 Å². The molecule has 0 saturated heterocycles. The molecule has 6 heteroatoms. The van der Waals surface area contributed by atoms with Crippen LogP contribution >= 0.6 is 12.2 Å². The summed E-state index contributed by atoms with van der Waals surface area (Å²) < 4.78 is 15.9. The van der Waals surface area contributed by atoms with E-state index in [2.05, 4.69) is 5.32 Å². The molecular weight excluding hydrogens is 336 g/mol. The van der Waals surface area contributed by atoms with Crippen LogP contribution in [0.4, 0.5) is 5.69 Å². The molecule has 0 atom stereocenters. The standard InChI is InChI=1S/C19H24N2O3S/c1-13-10-17(23-4)18(24-5)11-14(13)12-21(2)19(25)20-15-6-8-16(22-3)9-7-15/h6-11H,12H2,1-5H3,(H,20,25). The molecule has 0 bridgehead atoms. The highest BCUT2D eigenvalue weighted by atomic mass is 32.1. The zero-order valence-electron chi connectivity index (χ0n) is 15.3. The first-order valence-electron chi connectivity index (χ1n) is 7.86. The van der Waals surface area contributed by atoms with Crippen molar-refractivity contribution >= 4 is 23.0 Å². The Labute approximate surface area is 154 Å². The first-order valence-corrected chi connectivity index (χ1v) is 8.27. The molecule has 0 aliphatic carbocycles. The Hall–Kier alpha value is -2.47. The van der Waals surface area contributed by atoms with E-state index in [1.807, 2.05) is 55.3 Å². The van der Waals surface area contributed by atoms with Crippen LogP contribution in [0.25, 0.3) is 0 Å². The van der Waals surface area contributed by atoms with Crippen LogP contribution < -0.4 is 19.5 Å². The predicted octanol–water partition coefficient (Wildman–Crippen LogP) is 3.85. The minimum absolute atomic E-state index is 0.638. The first-order chi connectivity index (χ1) is 12.0. The summed E-state index contributed by atoms with van der Waals surface area (Å²) in [6.07, 6.45) is 0. The van der Waals surface area contributed by atoms with Crippen molar-refractivity contribution in [2.45, 2.75) is 13.5 Å². The molecule has 0 fully saturated rings. The molecule has 0 unspecified atom stereocenters. The van der Waals surface area contributed by atoms with Gasteiger partial charge in [0, 0.05) is 19.3 Å². The van der Waals surface area contributed by atoms with Crippen molar-refractivity contribution in [3.05, 3.63) is 47.5 Å². The number of anilines is 1. The van der Waals surface area contributed by atoms with Crippen molar-refractivity contribution in [3.8, 4) is 17.2 Å². The van der Waals surface area contributed by atoms with Gasteiger partial charge in [-0.1, -0.05) is 0 Å². The maximum Gasteiger partial charge on any atom is 0.173 e. The molecule has 25 heavy (non-hydrogen) atoms. The number of hydrogen-bond donors (Lipinski definition) is 1. The number of nitrogens with zero attached hydrogens (tertiary/aromatic N) is 1. The Morgan fingerprint density at radius 2 is 1.60 bits per heavy atom. The highest BCUT2D eigenvalue weighted by molar-refractivity contribution is 7.80. The number of methoxy groups -OCH3 is 3. The normalized spacial score (nSPS) is 10.1. The van der Waals surface area contributed by atoms with Gasteiger partial charge in [-0.25, -0.2) is 0 Å². The van der Waals surface area contributed by atoms with Gasteiger partial charge in [0.2, 0.25) is 0 Å². The van der Waals surface area contributed by atoms with E-state index >= 15 is 0 Å². The molecule has 0 spiro atoms. The number of nitrogens with one attached hydrogen (secondary N) is 1. The van der Waals surface area contributed by atoms with Gasteiger partial charge in [-0.3, -0.25) is 0 Å². The lowest BCUT2D eigenvalue weighted by Crippen LogP contribution is -2.30. The zero-order chi connectivity index (χ0) is 18.4. The van der Waals surface area contributed by atoms with Crippen LogP contribution in [0.5, 0.6) is 17.2 Å². The van der Waals surface area contributed by atoms with Crippen LogP contribution in [0.2, 0.25) is 0 Å². The average molecular weight is 360 g/mol. The SMILES string of the molecule is COc1ccc(NC(=S)N(C)Cc2cc(OC)c(OC)cc2C)cc1. The van der Waals surface area contributed by atoms with Gasteiger partial charge in [-0.05, 0) is 66.7 Å². The molecule has 2 aromatic carbocycles. The summed E-state index contributed by atoms with van der Waals surface area (Å²) in [4.78, 5) is 1.98. The molecule has 1 N–H and O–H groups in total. The fourth-order valence-corrected chi connectivity index (χ4v) is 2.60. The predicted molar refractivity (Wildman–Crippen MR) is 105 cm³/mol. The molecule has 2 rings (SSSR count). The van der Waals surface area contributed by atoms with E-state index in [1.165, 1.54) is 0 Å². The summed E-state index contributed by atoms with van der Waals surface area (Å²) in [5, 5.41) is 3.87. The number of rotatable bonds is 6. The van der Waals surface area contributed by atoms with Gasteiger partial charge in [0.15, 0.2) is 16.6 Å². The summed E-state index contributed by atoms with van der Waals surface area (Å²) >= 11 is 5.50. The molecule has 0 amide bonds. The molecule has 134 valence electrons. The quantitative estimate of drug-likeness (QED) is 0.790. The van der Waals surface area contributed by atoms with E-state index in [0.717, 1.165) is 28.3 Å². The molecule has 2 aromatic rings. The van der Waals surface area contributed by atoms with E-state index in [-0.39, 0.29) is 0 Å². The van der Waals surface area contributed by atoms with Crippen molar-refractivity contribution in [2.24, 2.45) is 0 Å². The van der Waals surface area contributed by atoms with Crippen molar-refractivity contribution in [1.82, 2.24) is 4.90 Å². The van der Waals surface area contributed by atoms with E-state index < -0.39 is 0 Å². The third-order valence-electron chi connectivity index (χ3n) is 3.94. The fraction of sp³-hybridized carbons (Fsp3) is 0.316. The van der Waals surface area contributed by atoms with Gasteiger partial charge in [-0.2, -0.15) is 0 Å². The molecule has 0 heterocycles. The van der Waals surface area contributed by atoms with Crippen LogP contribution in [0.3, 0.4) is 0 Å². The van der Waals surface area contributed by atoms with Gasteiger partial charge in [0.05, 0.1) is 21.3 Å². The summed E-state index contributed by atoms with van der Waals surface area (Å²) in [5.74, 6) is 2.25. The number of ether oxygens (including phenoxy) is 3. The van der Waals surface area contributed by atoms with Gasteiger partial charge in [0.25, 0.3) is 0 Å². The minimum atomic E-state index is 0.638. The summed E-state index contributed by atoms with van der Waals surface area (Å²) in [5.41, 5.74) is 3.16. The number of benzene rings is 2. The monoisotopic (exact) mass is 360 g/mol. The second-order valence-electron chi connectivity index (χ2n) is 5.65. The Morgan fingerprint density at radius 1 is 1.00 bits per heavy atom. The average Bonchev–Trinajstić information content (AvgIpc) is 2.63. The molecular formula is C19H24N2O3S. The second kappa shape index (κ2) is 8.58. The Morgan fingerprint density at radius 3 is 2.16 bits per heavy atom. The molecule has 0 aliphatic heterocycles. The highest BCUT2D eigenvalue weighted by Gasteiger charge is 2.12. The van der Waals surface area contributed by atoms with E-state index in [1.54, 1.807) is 21.3 Å². The van der Waals surface area contributed by atoms with Crippen LogP contribution in [0.15, 0.2) is 36.4 Å². The van der Waals surface area contributed by atoms with Crippen LogP contribution in [0, 0.1) is 6.92 Å². The van der Waals surface area contributed by atoms with Gasteiger partial charge < -0.3 is 24.4 Å². The van der Waals surface area contributed by atoms with E-state index in [9.17, 15) is 0 Å². The van der Waals surface area contributed by atoms with Crippen molar-refractivity contribution in [1.29, 1.82) is 0 Å². The largest absolute Gasteiger partial charge is 0.497 e. The third-order valence-corrected chi connectivity index (χ3v) is 4.35. The number of aryl methyl sites for hydroxylation is 1. The van der Waals surface area contributed by atoms with Crippen molar-refractivity contribution in [2.75, 3.05) is 33.7 Å². The lowest BCUT2D eigenvalue weighted by Gasteiger charge is -2.23. The summed E-state index contributed by atoms with van der Waals surface area (Å²) in [6.45, 7) is 2.71. The minimum Gasteiger partial charge on any atom is -0.497 e. The van der Waals surface area contributed by atoms with Gasteiger partial charge in [0.1, 0.15) is 5.75 Å². The lowest BCUT2D eigenvalue weighted by atomic mass is 10.1. The van der Waals surface area contributed by atoms with Crippen molar-refractivity contribution < 1.29 is 14.2 Å². The summed E-state index contributed by atoms with van der Waals surface area (Å²) in [6, 6.07) is 11.6. The fourth-order valence-electron chi connectivity index (χ4n) is 2.41. The maximum atomic E-state index is 5.50. The smallest absolute Gasteiger partial charge is 0.173 e. The summed E-state index contributed by atoms with van der Waals surface area (Å²) in [7, 11) is 6.87. The molecule has 0 aliphatic rings. The Bertz CT molecular complexity index is 732. The van der Waals surface area contributed by atoms with Crippen molar-refractivity contribution in [3.63, 3.8) is 0 Å². The van der Waals surface area contributed by atoms with Gasteiger partial charge >= 0.3 is 0 Å². The number of hydrogen-bond acceptors (Lipinski definition) is 4. The Kier molecular flexibility index (Phi) is 6.47. The van der Waals surface area contributed by atoms with E-state index in [0.29, 0.717) is 17.4 Å². The highest BCUT2D eigenvalue weighted by Crippen LogP contribution is 2.30. The second-order valence-corrected chi connectivity index (χ2v) is 6.04. The third kappa shape index (κ3) is 4.76. The first kappa shape index (κ1) is 18.9. The topological polar surface area (TPSA) is 43.0 Å². The molecule has 5 nitrogen and oxygen atoms in total.